The van der Waals surface area contributed by atoms with Gasteiger partial charge in [0.2, 0.25) is 0 Å². The third-order valence-corrected chi connectivity index (χ3v) is 6.26. The molecule has 0 unspecified atom stereocenters. The number of rotatable bonds is 2. The summed E-state index contributed by atoms with van der Waals surface area (Å²) in [5, 5.41) is 4.14. The molecule has 2 heterocycles. The van der Waals surface area contributed by atoms with Crippen LogP contribution in [-0.4, -0.2) is 40.5 Å². The molecule has 0 N–H and O–H groups in total. The number of oxime groups is 1. The average Bonchev–Trinajstić information content (AvgIpc) is 2.72. The van der Waals surface area contributed by atoms with Crippen LogP contribution in [0.3, 0.4) is 0 Å². The van der Waals surface area contributed by atoms with E-state index >= 15 is 0 Å². The first-order valence-electron chi connectivity index (χ1n) is 5.68. The lowest BCUT2D eigenvalue weighted by Crippen LogP contribution is -2.41. The second kappa shape index (κ2) is 5.10. The van der Waals surface area contributed by atoms with Gasteiger partial charge in [0.25, 0.3) is 0 Å². The summed E-state index contributed by atoms with van der Waals surface area (Å²) in [7, 11) is 1.41. The Hall–Kier alpha value is -0.360. The standard InChI is InChI=1S/C11H17NO3S2/c1-7-8(10(13)14-3)9(12-15-7)11(2)16-5-4-6-17-11/h7-8H,4-6H2,1-3H3/t7-,8-/m0/s1. The first-order chi connectivity index (χ1) is 8.08. The lowest BCUT2D eigenvalue weighted by molar-refractivity contribution is -0.145. The maximum atomic E-state index is 11.8. The van der Waals surface area contributed by atoms with Crippen LogP contribution in [0, 0.1) is 5.92 Å². The monoisotopic (exact) mass is 275 g/mol. The molecule has 2 aliphatic heterocycles. The molecule has 0 aromatic heterocycles. The Morgan fingerprint density at radius 2 is 2.18 bits per heavy atom. The van der Waals surface area contributed by atoms with Crippen LogP contribution in [0.15, 0.2) is 5.16 Å². The molecule has 0 radical (unpaired) electrons. The number of thioether (sulfide) groups is 2. The van der Waals surface area contributed by atoms with Crippen LogP contribution in [0.2, 0.25) is 0 Å². The Bertz CT molecular complexity index is 340. The van der Waals surface area contributed by atoms with Crippen molar-refractivity contribution >= 4 is 35.2 Å². The molecule has 0 aromatic carbocycles. The molecule has 0 spiro atoms. The molecule has 0 amide bonds. The molecule has 0 aromatic rings. The molecule has 17 heavy (non-hydrogen) atoms. The Balaban J connectivity index is 2.21. The van der Waals surface area contributed by atoms with Crippen molar-refractivity contribution in [2.24, 2.45) is 11.1 Å². The Kier molecular flexibility index (Phi) is 3.92. The van der Waals surface area contributed by atoms with Crippen molar-refractivity contribution < 1.29 is 14.4 Å². The minimum absolute atomic E-state index is 0.151. The lowest BCUT2D eigenvalue weighted by Gasteiger charge is -2.33. The third-order valence-electron chi connectivity index (χ3n) is 3.05. The zero-order valence-corrected chi connectivity index (χ0v) is 11.9. The summed E-state index contributed by atoms with van der Waals surface area (Å²) in [5.74, 6) is 1.60. The maximum Gasteiger partial charge on any atom is 0.318 e. The normalized spacial score (nSPS) is 31.6. The average molecular weight is 275 g/mol. The van der Waals surface area contributed by atoms with Crippen LogP contribution in [0.5, 0.6) is 0 Å². The second-order valence-electron chi connectivity index (χ2n) is 4.28. The lowest BCUT2D eigenvalue weighted by atomic mass is 9.96. The summed E-state index contributed by atoms with van der Waals surface area (Å²) in [6, 6.07) is 0. The van der Waals surface area contributed by atoms with E-state index in [0.717, 1.165) is 17.2 Å². The van der Waals surface area contributed by atoms with Gasteiger partial charge in [-0.05, 0) is 31.8 Å². The summed E-state index contributed by atoms with van der Waals surface area (Å²) >= 11 is 3.68. The van der Waals surface area contributed by atoms with Crippen LogP contribution in [0.1, 0.15) is 20.3 Å². The highest BCUT2D eigenvalue weighted by Crippen LogP contribution is 2.46. The molecule has 2 aliphatic rings. The topological polar surface area (TPSA) is 47.9 Å². The Labute approximate surface area is 110 Å². The largest absolute Gasteiger partial charge is 0.468 e. The van der Waals surface area contributed by atoms with E-state index < -0.39 is 0 Å². The van der Waals surface area contributed by atoms with Gasteiger partial charge < -0.3 is 9.57 Å². The second-order valence-corrected chi connectivity index (χ2v) is 7.57. The van der Waals surface area contributed by atoms with Crippen molar-refractivity contribution in [3.05, 3.63) is 0 Å². The highest BCUT2D eigenvalue weighted by Gasteiger charge is 2.48. The van der Waals surface area contributed by atoms with Gasteiger partial charge in [0.05, 0.1) is 7.11 Å². The van der Waals surface area contributed by atoms with Gasteiger partial charge in [-0.1, -0.05) is 5.16 Å². The van der Waals surface area contributed by atoms with E-state index in [1.54, 1.807) is 0 Å². The van der Waals surface area contributed by atoms with E-state index in [1.807, 2.05) is 30.4 Å². The van der Waals surface area contributed by atoms with Gasteiger partial charge in [0.15, 0.2) is 0 Å². The molecular formula is C11H17NO3S2. The molecule has 0 aliphatic carbocycles. The number of carbonyl (C=O) groups excluding carboxylic acids is 1. The zero-order chi connectivity index (χ0) is 12.5. The molecule has 1 saturated heterocycles. The van der Waals surface area contributed by atoms with Crippen molar-refractivity contribution in [1.82, 2.24) is 0 Å². The number of methoxy groups -OCH3 is 1. The van der Waals surface area contributed by atoms with Crippen LogP contribution in [0.25, 0.3) is 0 Å². The Morgan fingerprint density at radius 1 is 1.53 bits per heavy atom. The molecule has 0 bridgehead atoms. The summed E-state index contributed by atoms with van der Waals surface area (Å²) in [5.41, 5.74) is 0.826. The van der Waals surface area contributed by atoms with E-state index in [1.165, 1.54) is 13.5 Å². The van der Waals surface area contributed by atoms with E-state index in [0.29, 0.717) is 0 Å². The number of hydrogen-bond acceptors (Lipinski definition) is 6. The number of ether oxygens (including phenoxy) is 1. The number of carbonyl (C=O) groups is 1. The van der Waals surface area contributed by atoms with E-state index in [2.05, 4.69) is 12.1 Å². The van der Waals surface area contributed by atoms with Gasteiger partial charge in [-0.15, -0.1) is 23.5 Å². The van der Waals surface area contributed by atoms with Crippen molar-refractivity contribution in [1.29, 1.82) is 0 Å². The highest BCUT2D eigenvalue weighted by atomic mass is 32.2. The molecule has 4 nitrogen and oxygen atoms in total. The van der Waals surface area contributed by atoms with Gasteiger partial charge in [0, 0.05) is 0 Å². The summed E-state index contributed by atoms with van der Waals surface area (Å²) < 4.78 is 4.70. The SMILES string of the molecule is COC(=O)[C@@H]1C(C2(C)SCCCS2)=NO[C@H]1C. The molecule has 2 atom stereocenters. The smallest absolute Gasteiger partial charge is 0.318 e. The van der Waals surface area contributed by atoms with Crippen molar-refractivity contribution in [3.8, 4) is 0 Å². The molecule has 0 saturated carbocycles. The highest BCUT2D eigenvalue weighted by molar-refractivity contribution is 8.19. The first-order valence-corrected chi connectivity index (χ1v) is 7.65. The van der Waals surface area contributed by atoms with E-state index in [9.17, 15) is 4.79 Å². The molecule has 96 valence electrons. The minimum atomic E-state index is -0.358. The van der Waals surface area contributed by atoms with Crippen molar-refractivity contribution in [2.75, 3.05) is 18.6 Å². The summed E-state index contributed by atoms with van der Waals surface area (Å²) in [4.78, 5) is 17.1. The van der Waals surface area contributed by atoms with E-state index in [-0.39, 0.29) is 22.1 Å². The number of hydrogen-bond donors (Lipinski definition) is 0. The Morgan fingerprint density at radius 3 is 2.76 bits per heavy atom. The van der Waals surface area contributed by atoms with Gasteiger partial charge in [-0.2, -0.15) is 0 Å². The maximum absolute atomic E-state index is 11.8. The number of esters is 1. The molecule has 6 heteroatoms. The van der Waals surface area contributed by atoms with Crippen molar-refractivity contribution in [3.63, 3.8) is 0 Å². The van der Waals surface area contributed by atoms with Gasteiger partial charge in [0.1, 0.15) is 21.8 Å². The van der Waals surface area contributed by atoms with Crippen LogP contribution < -0.4 is 0 Å². The molecular weight excluding hydrogens is 258 g/mol. The third kappa shape index (κ3) is 2.42. The number of nitrogens with zero attached hydrogens (tertiary/aromatic N) is 1. The fourth-order valence-corrected chi connectivity index (χ4v) is 5.05. The first kappa shape index (κ1) is 13.1. The van der Waals surface area contributed by atoms with E-state index in [4.69, 9.17) is 9.57 Å². The zero-order valence-electron chi connectivity index (χ0n) is 10.3. The molecule has 1 fully saturated rings. The summed E-state index contributed by atoms with van der Waals surface area (Å²) in [6.45, 7) is 3.98. The van der Waals surface area contributed by atoms with Crippen LogP contribution >= 0.6 is 23.5 Å². The van der Waals surface area contributed by atoms with Crippen LogP contribution in [-0.2, 0) is 14.4 Å². The summed E-state index contributed by atoms with van der Waals surface area (Å²) in [6.07, 6.45) is 0.981. The minimum Gasteiger partial charge on any atom is -0.468 e. The van der Waals surface area contributed by atoms with Gasteiger partial charge >= 0.3 is 5.97 Å². The predicted octanol–water partition coefficient (Wildman–Crippen LogP) is 2.14. The van der Waals surface area contributed by atoms with Gasteiger partial charge in [-0.25, -0.2) is 0 Å². The van der Waals surface area contributed by atoms with Crippen LogP contribution in [0.4, 0.5) is 0 Å². The fourth-order valence-electron chi connectivity index (χ4n) is 2.06. The van der Waals surface area contributed by atoms with Gasteiger partial charge in [-0.3, -0.25) is 4.79 Å². The molecule has 2 rings (SSSR count). The predicted molar refractivity (Wildman–Crippen MR) is 71.4 cm³/mol. The quantitative estimate of drug-likeness (QED) is 0.723. The van der Waals surface area contributed by atoms with Crippen molar-refractivity contribution in [2.45, 2.75) is 30.5 Å². The fraction of sp³-hybridized carbons (Fsp3) is 0.818.